The molecule has 0 aliphatic carbocycles. The van der Waals surface area contributed by atoms with Crippen LogP contribution in [0.3, 0.4) is 0 Å². The molecule has 0 fully saturated rings. The molecule has 1 aromatic heterocycles. The maximum Gasteiger partial charge on any atom is 0.259 e. The Morgan fingerprint density at radius 3 is 2.90 bits per heavy atom. The average molecular weight is 294 g/mol. The van der Waals surface area contributed by atoms with Crippen molar-refractivity contribution in [2.45, 2.75) is 6.92 Å². The lowest BCUT2D eigenvalue weighted by Crippen LogP contribution is -2.15. The van der Waals surface area contributed by atoms with Gasteiger partial charge in [-0.25, -0.2) is 9.37 Å². The van der Waals surface area contributed by atoms with Crippen molar-refractivity contribution in [1.29, 1.82) is 0 Å². The first-order valence-electron chi connectivity index (χ1n) is 6.06. The van der Waals surface area contributed by atoms with Crippen LogP contribution in [-0.2, 0) is 0 Å². The molecule has 0 aliphatic rings. The van der Waals surface area contributed by atoms with Crippen LogP contribution < -0.4 is 10.6 Å². The van der Waals surface area contributed by atoms with Crippen LogP contribution in [0, 0.1) is 5.82 Å². The number of aromatic nitrogens is 1. The molecule has 0 unspecified atom stereocenters. The second-order valence-electron chi connectivity index (χ2n) is 4.04. The van der Waals surface area contributed by atoms with Crippen LogP contribution >= 0.6 is 11.6 Å². The fourth-order valence-electron chi connectivity index (χ4n) is 1.72. The Kier molecular flexibility index (Phi) is 4.53. The number of anilines is 2. The third-order valence-electron chi connectivity index (χ3n) is 2.52. The van der Waals surface area contributed by atoms with Gasteiger partial charge >= 0.3 is 0 Å². The molecule has 0 bridgehead atoms. The number of hydrogen-bond acceptors (Lipinski definition) is 3. The molecule has 4 nitrogen and oxygen atoms in total. The smallest absolute Gasteiger partial charge is 0.259 e. The van der Waals surface area contributed by atoms with Crippen LogP contribution in [0.15, 0.2) is 36.5 Å². The number of hydrogen-bond donors (Lipinski definition) is 2. The van der Waals surface area contributed by atoms with E-state index in [0.717, 1.165) is 0 Å². The topological polar surface area (TPSA) is 54.0 Å². The van der Waals surface area contributed by atoms with Crippen molar-refractivity contribution in [3.63, 3.8) is 0 Å². The fraction of sp³-hybridized carbons (Fsp3) is 0.143. The van der Waals surface area contributed by atoms with E-state index in [9.17, 15) is 9.18 Å². The van der Waals surface area contributed by atoms with Crippen molar-refractivity contribution in [3.05, 3.63) is 52.9 Å². The second kappa shape index (κ2) is 6.34. The zero-order chi connectivity index (χ0) is 14.5. The summed E-state index contributed by atoms with van der Waals surface area (Å²) in [5.74, 6) is -0.406. The second-order valence-corrected chi connectivity index (χ2v) is 4.48. The first-order valence-corrected chi connectivity index (χ1v) is 6.44. The Balaban J connectivity index is 2.23. The molecule has 2 rings (SSSR count). The standard InChI is InChI=1S/C14H13ClFN3O/c1-2-17-13-12(4-3-5-18-13)14(20)19-11-7-9(15)6-10(16)8-11/h3-8H,2H2,1H3,(H,17,18)(H,19,20). The van der Waals surface area contributed by atoms with E-state index in [4.69, 9.17) is 11.6 Å². The number of carbonyl (C=O) groups is 1. The normalized spacial score (nSPS) is 10.2. The van der Waals surface area contributed by atoms with E-state index in [1.54, 1.807) is 18.3 Å². The molecule has 0 spiro atoms. The third kappa shape index (κ3) is 3.45. The van der Waals surface area contributed by atoms with E-state index in [1.807, 2.05) is 6.92 Å². The zero-order valence-corrected chi connectivity index (χ0v) is 11.5. The van der Waals surface area contributed by atoms with E-state index in [0.29, 0.717) is 23.6 Å². The minimum Gasteiger partial charge on any atom is -0.370 e. The summed E-state index contributed by atoms with van der Waals surface area (Å²) >= 11 is 5.74. The van der Waals surface area contributed by atoms with Gasteiger partial charge in [-0.3, -0.25) is 4.79 Å². The number of rotatable bonds is 4. The van der Waals surface area contributed by atoms with Gasteiger partial charge < -0.3 is 10.6 Å². The molecule has 104 valence electrons. The maximum absolute atomic E-state index is 13.2. The number of amides is 1. The van der Waals surface area contributed by atoms with Crippen molar-refractivity contribution >= 4 is 29.0 Å². The summed E-state index contributed by atoms with van der Waals surface area (Å²) in [6, 6.07) is 7.15. The lowest BCUT2D eigenvalue weighted by molar-refractivity contribution is 0.102. The van der Waals surface area contributed by atoms with E-state index < -0.39 is 5.82 Å². The van der Waals surface area contributed by atoms with Crippen molar-refractivity contribution < 1.29 is 9.18 Å². The largest absolute Gasteiger partial charge is 0.370 e. The van der Waals surface area contributed by atoms with Gasteiger partial charge in [-0.2, -0.15) is 0 Å². The molecule has 0 atom stereocenters. The molecule has 2 aromatic rings. The summed E-state index contributed by atoms with van der Waals surface area (Å²) in [4.78, 5) is 16.3. The first kappa shape index (κ1) is 14.3. The van der Waals surface area contributed by atoms with Crippen LogP contribution in [0.1, 0.15) is 17.3 Å². The number of nitrogens with one attached hydrogen (secondary N) is 2. The van der Waals surface area contributed by atoms with Gasteiger partial charge in [0.2, 0.25) is 0 Å². The molecule has 0 radical (unpaired) electrons. The van der Waals surface area contributed by atoms with Crippen LogP contribution in [0.4, 0.5) is 15.9 Å². The minimum atomic E-state index is -0.508. The Bertz CT molecular complexity index is 613. The SMILES string of the molecule is CCNc1ncccc1C(=O)Nc1cc(F)cc(Cl)c1. The van der Waals surface area contributed by atoms with Gasteiger partial charge in [0, 0.05) is 23.5 Å². The summed E-state index contributed by atoms with van der Waals surface area (Å²) in [5.41, 5.74) is 0.682. The van der Waals surface area contributed by atoms with Gasteiger partial charge in [0.25, 0.3) is 5.91 Å². The van der Waals surface area contributed by atoms with E-state index in [2.05, 4.69) is 15.6 Å². The summed E-state index contributed by atoms with van der Waals surface area (Å²) in [6.45, 7) is 2.55. The molecule has 1 amide bonds. The van der Waals surface area contributed by atoms with Gasteiger partial charge in [-0.15, -0.1) is 0 Å². The summed E-state index contributed by atoms with van der Waals surface area (Å²) in [5, 5.41) is 5.81. The number of benzene rings is 1. The van der Waals surface area contributed by atoms with Crippen molar-refractivity contribution in [1.82, 2.24) is 4.98 Å². The molecule has 1 heterocycles. The van der Waals surface area contributed by atoms with E-state index in [-0.39, 0.29) is 10.9 Å². The van der Waals surface area contributed by atoms with Gasteiger partial charge in [0.05, 0.1) is 5.56 Å². The van der Waals surface area contributed by atoms with Gasteiger partial charge in [0.1, 0.15) is 11.6 Å². The highest BCUT2D eigenvalue weighted by Gasteiger charge is 2.12. The molecule has 1 aromatic carbocycles. The molecule has 0 saturated carbocycles. The van der Waals surface area contributed by atoms with Gasteiger partial charge in [-0.1, -0.05) is 11.6 Å². The number of nitrogens with zero attached hydrogens (tertiary/aromatic N) is 1. The van der Waals surface area contributed by atoms with E-state index in [1.165, 1.54) is 18.2 Å². The maximum atomic E-state index is 13.2. The van der Waals surface area contributed by atoms with Crippen molar-refractivity contribution in [2.75, 3.05) is 17.2 Å². The predicted octanol–water partition coefficient (Wildman–Crippen LogP) is 3.56. The van der Waals surface area contributed by atoms with Crippen LogP contribution in [0.5, 0.6) is 0 Å². The van der Waals surface area contributed by atoms with Crippen molar-refractivity contribution in [3.8, 4) is 0 Å². The molecule has 6 heteroatoms. The average Bonchev–Trinajstić information content (AvgIpc) is 2.38. The van der Waals surface area contributed by atoms with Crippen LogP contribution in [-0.4, -0.2) is 17.4 Å². The van der Waals surface area contributed by atoms with Crippen LogP contribution in [0.25, 0.3) is 0 Å². The Morgan fingerprint density at radius 2 is 2.20 bits per heavy atom. The van der Waals surface area contributed by atoms with Crippen LogP contribution in [0.2, 0.25) is 5.02 Å². The lowest BCUT2D eigenvalue weighted by atomic mass is 10.2. The number of carbonyl (C=O) groups excluding carboxylic acids is 1. The van der Waals surface area contributed by atoms with Crippen molar-refractivity contribution in [2.24, 2.45) is 0 Å². The zero-order valence-electron chi connectivity index (χ0n) is 10.8. The molecular weight excluding hydrogens is 281 g/mol. The highest BCUT2D eigenvalue weighted by molar-refractivity contribution is 6.31. The predicted molar refractivity (Wildman–Crippen MR) is 77.8 cm³/mol. The van der Waals surface area contributed by atoms with Gasteiger partial charge in [-0.05, 0) is 37.3 Å². The summed E-state index contributed by atoms with van der Waals surface area (Å²) < 4.78 is 13.2. The molecule has 0 saturated heterocycles. The summed E-state index contributed by atoms with van der Waals surface area (Å²) in [6.07, 6.45) is 1.59. The molecular formula is C14H13ClFN3O. The molecule has 2 N–H and O–H groups in total. The van der Waals surface area contributed by atoms with Gasteiger partial charge in [0.15, 0.2) is 0 Å². The summed E-state index contributed by atoms with van der Waals surface area (Å²) in [7, 11) is 0. The number of halogens is 2. The third-order valence-corrected chi connectivity index (χ3v) is 2.74. The Morgan fingerprint density at radius 1 is 1.40 bits per heavy atom. The quantitative estimate of drug-likeness (QED) is 0.906. The highest BCUT2D eigenvalue weighted by Crippen LogP contribution is 2.20. The minimum absolute atomic E-state index is 0.221. The monoisotopic (exact) mass is 293 g/mol. The number of pyridine rings is 1. The first-order chi connectivity index (χ1) is 9.60. The Hall–Kier alpha value is -2.14. The highest BCUT2D eigenvalue weighted by atomic mass is 35.5. The Labute approximate surface area is 121 Å². The fourth-order valence-corrected chi connectivity index (χ4v) is 1.94. The lowest BCUT2D eigenvalue weighted by Gasteiger charge is -2.10. The van der Waals surface area contributed by atoms with E-state index >= 15 is 0 Å². The molecule has 20 heavy (non-hydrogen) atoms. The molecule has 0 aliphatic heterocycles.